The zero-order valence-electron chi connectivity index (χ0n) is 11.5. The van der Waals surface area contributed by atoms with Gasteiger partial charge in [0.15, 0.2) is 0 Å². The fraction of sp³-hybridized carbons (Fsp3) is 0.500. The molecular formula is C16H20N2O2. The molecule has 2 rings (SSSR count). The molecule has 2 N–H and O–H groups in total. The highest BCUT2D eigenvalue weighted by Crippen LogP contribution is 2.23. The quantitative estimate of drug-likeness (QED) is 0.877. The van der Waals surface area contributed by atoms with Crippen LogP contribution in [0.1, 0.15) is 36.8 Å². The number of nitrogens with zero attached hydrogens (tertiary/aromatic N) is 1. The van der Waals surface area contributed by atoms with E-state index >= 15 is 0 Å². The molecule has 0 bridgehead atoms. The highest BCUT2D eigenvalue weighted by atomic mass is 16.3. The number of aliphatic hydroxyl groups is 1. The van der Waals surface area contributed by atoms with E-state index in [-0.39, 0.29) is 12.0 Å². The summed E-state index contributed by atoms with van der Waals surface area (Å²) in [5.74, 6) is 0.504. The average Bonchev–Trinajstić information content (AvgIpc) is 2.47. The molecule has 4 heteroatoms. The second kappa shape index (κ2) is 7.06. The molecule has 0 spiro atoms. The number of nitriles is 1. The molecule has 4 nitrogen and oxygen atoms in total. The van der Waals surface area contributed by atoms with Crippen molar-refractivity contribution in [3.8, 4) is 6.07 Å². The summed E-state index contributed by atoms with van der Waals surface area (Å²) in [6.07, 6.45) is 3.85. The van der Waals surface area contributed by atoms with Gasteiger partial charge in [-0.3, -0.25) is 4.79 Å². The fourth-order valence-electron chi connectivity index (χ4n) is 2.55. The van der Waals surface area contributed by atoms with Crippen LogP contribution in [0, 0.1) is 17.2 Å². The number of hydrogen-bond acceptors (Lipinski definition) is 3. The summed E-state index contributed by atoms with van der Waals surface area (Å²) in [5.41, 5.74) is 1.52. The monoisotopic (exact) mass is 272 g/mol. The first-order valence-electron chi connectivity index (χ1n) is 7.11. The Kier molecular flexibility index (Phi) is 5.14. The summed E-state index contributed by atoms with van der Waals surface area (Å²) in [6, 6.07) is 9.14. The smallest absolute Gasteiger partial charge is 0.224 e. The van der Waals surface area contributed by atoms with Crippen molar-refractivity contribution in [1.82, 2.24) is 5.32 Å². The predicted molar refractivity (Wildman–Crippen MR) is 75.8 cm³/mol. The number of benzene rings is 1. The Morgan fingerprint density at radius 2 is 1.90 bits per heavy atom. The molecule has 1 saturated carbocycles. The number of rotatable bonds is 4. The minimum atomic E-state index is -0.152. The standard InChI is InChI=1S/C16H20N2O2/c17-10-13-3-1-12(2-4-13)9-16(20)18-11-14-5-7-15(19)8-6-14/h1-4,14-15,19H,5-9,11H2,(H,18,20). The van der Waals surface area contributed by atoms with Crippen molar-refractivity contribution in [2.24, 2.45) is 5.92 Å². The van der Waals surface area contributed by atoms with Crippen LogP contribution in [0.2, 0.25) is 0 Å². The molecule has 106 valence electrons. The van der Waals surface area contributed by atoms with Crippen molar-refractivity contribution in [1.29, 1.82) is 5.26 Å². The highest BCUT2D eigenvalue weighted by Gasteiger charge is 2.19. The molecular weight excluding hydrogens is 252 g/mol. The largest absolute Gasteiger partial charge is 0.393 e. The molecule has 0 radical (unpaired) electrons. The van der Waals surface area contributed by atoms with E-state index in [1.165, 1.54) is 0 Å². The third-order valence-corrected chi connectivity index (χ3v) is 3.85. The molecule has 1 fully saturated rings. The lowest BCUT2D eigenvalue weighted by Crippen LogP contribution is -2.33. The van der Waals surface area contributed by atoms with Gasteiger partial charge in [-0.2, -0.15) is 5.26 Å². The Hall–Kier alpha value is -1.86. The Morgan fingerprint density at radius 1 is 1.25 bits per heavy atom. The van der Waals surface area contributed by atoms with Crippen molar-refractivity contribution in [2.45, 2.75) is 38.2 Å². The van der Waals surface area contributed by atoms with Gasteiger partial charge in [-0.25, -0.2) is 0 Å². The maximum Gasteiger partial charge on any atom is 0.224 e. The maximum absolute atomic E-state index is 11.8. The van der Waals surface area contributed by atoms with Gasteiger partial charge < -0.3 is 10.4 Å². The second-order valence-corrected chi connectivity index (χ2v) is 5.46. The molecule has 0 aromatic heterocycles. The van der Waals surface area contributed by atoms with E-state index in [1.807, 2.05) is 12.1 Å². The van der Waals surface area contributed by atoms with E-state index in [1.54, 1.807) is 12.1 Å². The summed E-state index contributed by atoms with van der Waals surface area (Å²) < 4.78 is 0. The van der Waals surface area contributed by atoms with Crippen molar-refractivity contribution < 1.29 is 9.90 Å². The highest BCUT2D eigenvalue weighted by molar-refractivity contribution is 5.78. The van der Waals surface area contributed by atoms with Crippen LogP contribution in [0.15, 0.2) is 24.3 Å². The number of hydrogen-bond donors (Lipinski definition) is 2. The lowest BCUT2D eigenvalue weighted by molar-refractivity contribution is -0.120. The molecule has 1 aliphatic rings. The van der Waals surface area contributed by atoms with E-state index < -0.39 is 0 Å². The lowest BCUT2D eigenvalue weighted by atomic mass is 9.87. The second-order valence-electron chi connectivity index (χ2n) is 5.46. The summed E-state index contributed by atoms with van der Waals surface area (Å²) in [5, 5.41) is 21.1. The van der Waals surface area contributed by atoms with Crippen LogP contribution < -0.4 is 5.32 Å². The number of carbonyl (C=O) groups is 1. The van der Waals surface area contributed by atoms with E-state index in [4.69, 9.17) is 5.26 Å². The molecule has 1 amide bonds. The summed E-state index contributed by atoms with van der Waals surface area (Å²) in [7, 11) is 0. The first-order chi connectivity index (χ1) is 9.67. The van der Waals surface area contributed by atoms with Gasteiger partial charge in [-0.05, 0) is 49.3 Å². The van der Waals surface area contributed by atoms with E-state index in [0.717, 1.165) is 31.2 Å². The number of nitrogens with one attached hydrogen (secondary N) is 1. The number of amides is 1. The Morgan fingerprint density at radius 3 is 2.50 bits per heavy atom. The van der Waals surface area contributed by atoms with Gasteiger partial charge in [-0.15, -0.1) is 0 Å². The van der Waals surface area contributed by atoms with E-state index in [2.05, 4.69) is 11.4 Å². The Balaban J connectivity index is 1.73. The molecule has 0 aliphatic heterocycles. The normalized spacial score (nSPS) is 22.0. The number of carbonyl (C=O) groups excluding carboxylic acids is 1. The van der Waals surface area contributed by atoms with Crippen LogP contribution in [0.3, 0.4) is 0 Å². The molecule has 0 atom stereocenters. The van der Waals surface area contributed by atoms with Crippen LogP contribution in [0.4, 0.5) is 0 Å². The Labute approximate surface area is 119 Å². The van der Waals surface area contributed by atoms with Gasteiger partial charge in [-0.1, -0.05) is 12.1 Å². The third-order valence-electron chi connectivity index (χ3n) is 3.85. The number of aliphatic hydroxyl groups excluding tert-OH is 1. The third kappa shape index (κ3) is 4.36. The zero-order chi connectivity index (χ0) is 14.4. The average molecular weight is 272 g/mol. The molecule has 1 aromatic rings. The van der Waals surface area contributed by atoms with Crippen molar-refractivity contribution in [3.63, 3.8) is 0 Å². The molecule has 1 aromatic carbocycles. The van der Waals surface area contributed by atoms with Crippen LogP contribution in [-0.2, 0) is 11.2 Å². The van der Waals surface area contributed by atoms with E-state index in [0.29, 0.717) is 24.4 Å². The van der Waals surface area contributed by atoms with Gasteiger partial charge in [0.2, 0.25) is 5.91 Å². The predicted octanol–water partition coefficient (Wildman–Crippen LogP) is 1.77. The van der Waals surface area contributed by atoms with Crippen molar-refractivity contribution in [2.75, 3.05) is 6.54 Å². The van der Waals surface area contributed by atoms with Crippen LogP contribution in [0.25, 0.3) is 0 Å². The van der Waals surface area contributed by atoms with Gasteiger partial charge >= 0.3 is 0 Å². The van der Waals surface area contributed by atoms with Crippen LogP contribution in [-0.4, -0.2) is 23.7 Å². The first-order valence-corrected chi connectivity index (χ1v) is 7.11. The first kappa shape index (κ1) is 14.5. The minimum absolute atomic E-state index is 0.0147. The van der Waals surface area contributed by atoms with Crippen molar-refractivity contribution in [3.05, 3.63) is 35.4 Å². The molecule has 1 aliphatic carbocycles. The van der Waals surface area contributed by atoms with E-state index in [9.17, 15) is 9.90 Å². The molecule has 20 heavy (non-hydrogen) atoms. The zero-order valence-corrected chi connectivity index (χ0v) is 11.5. The Bertz CT molecular complexity index is 482. The molecule has 0 heterocycles. The van der Waals surface area contributed by atoms with Gasteiger partial charge in [0.05, 0.1) is 24.2 Å². The summed E-state index contributed by atoms with van der Waals surface area (Å²) >= 11 is 0. The fourth-order valence-corrected chi connectivity index (χ4v) is 2.55. The lowest BCUT2D eigenvalue weighted by Gasteiger charge is -2.25. The van der Waals surface area contributed by atoms with Gasteiger partial charge in [0.1, 0.15) is 0 Å². The topological polar surface area (TPSA) is 73.1 Å². The van der Waals surface area contributed by atoms with Gasteiger partial charge in [0.25, 0.3) is 0 Å². The van der Waals surface area contributed by atoms with Crippen LogP contribution >= 0.6 is 0 Å². The van der Waals surface area contributed by atoms with Crippen molar-refractivity contribution >= 4 is 5.91 Å². The van der Waals surface area contributed by atoms with Gasteiger partial charge in [0, 0.05) is 6.54 Å². The summed E-state index contributed by atoms with van der Waals surface area (Å²) in [4.78, 5) is 11.8. The molecule has 0 unspecified atom stereocenters. The SMILES string of the molecule is N#Cc1ccc(CC(=O)NCC2CCC(O)CC2)cc1. The summed E-state index contributed by atoms with van der Waals surface area (Å²) in [6.45, 7) is 0.696. The van der Waals surface area contributed by atoms with Crippen LogP contribution in [0.5, 0.6) is 0 Å². The minimum Gasteiger partial charge on any atom is -0.393 e. The molecule has 0 saturated heterocycles. The maximum atomic E-state index is 11.8.